The lowest BCUT2D eigenvalue weighted by molar-refractivity contribution is 1.08. The molecule has 8 rings (SSSR count). The van der Waals surface area contributed by atoms with Crippen LogP contribution in [0, 0.1) is 0 Å². The van der Waals surface area contributed by atoms with Gasteiger partial charge in [0, 0.05) is 36.9 Å². The molecule has 0 saturated heterocycles. The minimum Gasteiger partial charge on any atom is -0.208 e. The first kappa shape index (κ1) is 23.7. The first-order valence-electron chi connectivity index (χ1n) is 13.6. The van der Waals surface area contributed by atoms with Crippen molar-refractivity contribution in [3.8, 4) is 45.3 Å². The van der Waals surface area contributed by atoms with Gasteiger partial charge in [-0.25, -0.2) is 15.0 Å². The van der Waals surface area contributed by atoms with Gasteiger partial charge in [-0.1, -0.05) is 115 Å². The van der Waals surface area contributed by atoms with E-state index in [0.717, 1.165) is 22.1 Å². The van der Waals surface area contributed by atoms with Crippen LogP contribution in [0.5, 0.6) is 0 Å². The highest BCUT2D eigenvalue weighted by molar-refractivity contribution is 7.26. The standard InChI is InChI=1S/C37H23N3S/c1-3-10-24(11-4-1)26-18-19-28-23-29(21-20-27(28)22-26)36-38-35(25-12-5-2-6-13-25)39-37(40-36)32-16-9-15-31-30-14-7-8-17-33(30)41-34(31)32/h1-23H. The van der Waals surface area contributed by atoms with E-state index in [4.69, 9.17) is 15.0 Å². The molecule has 0 atom stereocenters. The number of hydrogen-bond donors (Lipinski definition) is 0. The summed E-state index contributed by atoms with van der Waals surface area (Å²) < 4.78 is 2.45. The van der Waals surface area contributed by atoms with Crippen molar-refractivity contribution in [2.45, 2.75) is 0 Å². The van der Waals surface area contributed by atoms with Gasteiger partial charge in [0.1, 0.15) is 0 Å². The van der Waals surface area contributed by atoms with Crippen LogP contribution in [0.3, 0.4) is 0 Å². The molecule has 0 aliphatic carbocycles. The van der Waals surface area contributed by atoms with Crippen LogP contribution in [0.25, 0.3) is 76.2 Å². The van der Waals surface area contributed by atoms with Crippen LogP contribution in [-0.4, -0.2) is 15.0 Å². The Bertz CT molecular complexity index is 2200. The summed E-state index contributed by atoms with van der Waals surface area (Å²) in [4.78, 5) is 15.1. The number of hydrogen-bond acceptors (Lipinski definition) is 4. The van der Waals surface area contributed by atoms with Crippen LogP contribution >= 0.6 is 11.3 Å². The van der Waals surface area contributed by atoms with E-state index in [2.05, 4.69) is 115 Å². The number of aromatic nitrogens is 3. The minimum absolute atomic E-state index is 0.668. The lowest BCUT2D eigenvalue weighted by Gasteiger charge is -2.10. The Morgan fingerprint density at radius 1 is 0.390 bits per heavy atom. The van der Waals surface area contributed by atoms with Crippen molar-refractivity contribution in [3.63, 3.8) is 0 Å². The Morgan fingerprint density at radius 3 is 1.76 bits per heavy atom. The van der Waals surface area contributed by atoms with Crippen LogP contribution in [0.4, 0.5) is 0 Å². The molecule has 41 heavy (non-hydrogen) atoms. The molecule has 3 nitrogen and oxygen atoms in total. The van der Waals surface area contributed by atoms with Gasteiger partial charge in [-0.2, -0.15) is 0 Å². The molecule has 0 bridgehead atoms. The lowest BCUT2D eigenvalue weighted by Crippen LogP contribution is -2.00. The molecule has 192 valence electrons. The molecule has 0 amide bonds. The van der Waals surface area contributed by atoms with Gasteiger partial charge in [0.15, 0.2) is 17.5 Å². The van der Waals surface area contributed by atoms with E-state index < -0.39 is 0 Å². The summed E-state index contributed by atoms with van der Waals surface area (Å²) in [6.45, 7) is 0. The van der Waals surface area contributed by atoms with Gasteiger partial charge in [0.25, 0.3) is 0 Å². The Balaban J connectivity index is 1.30. The molecular weight excluding hydrogens is 518 g/mol. The van der Waals surface area contributed by atoms with Gasteiger partial charge in [-0.05, 0) is 46.2 Å². The van der Waals surface area contributed by atoms with Crippen molar-refractivity contribution in [2.75, 3.05) is 0 Å². The molecule has 0 saturated carbocycles. The molecule has 4 heteroatoms. The van der Waals surface area contributed by atoms with E-state index in [-0.39, 0.29) is 0 Å². The third-order valence-corrected chi connectivity index (χ3v) is 8.74. The predicted octanol–water partition coefficient (Wildman–Crippen LogP) is 10.1. The summed E-state index contributed by atoms with van der Waals surface area (Å²) in [6, 6.07) is 48.6. The van der Waals surface area contributed by atoms with Gasteiger partial charge in [-0.3, -0.25) is 0 Å². The highest BCUT2D eigenvalue weighted by atomic mass is 32.1. The number of nitrogens with zero attached hydrogens (tertiary/aromatic N) is 3. The van der Waals surface area contributed by atoms with Crippen LogP contribution in [0.15, 0.2) is 140 Å². The zero-order valence-electron chi connectivity index (χ0n) is 22.0. The van der Waals surface area contributed by atoms with Gasteiger partial charge < -0.3 is 0 Å². The first-order chi connectivity index (χ1) is 20.3. The Morgan fingerprint density at radius 2 is 0.976 bits per heavy atom. The average molecular weight is 542 g/mol. The summed E-state index contributed by atoms with van der Waals surface area (Å²) in [5, 5.41) is 4.82. The number of benzene rings is 6. The molecule has 0 unspecified atom stereocenters. The first-order valence-corrected chi connectivity index (χ1v) is 14.4. The maximum Gasteiger partial charge on any atom is 0.165 e. The molecule has 0 aliphatic heterocycles. The van der Waals surface area contributed by atoms with Crippen molar-refractivity contribution < 1.29 is 0 Å². The molecular formula is C37H23N3S. The quantitative estimate of drug-likeness (QED) is 0.222. The van der Waals surface area contributed by atoms with Crippen molar-refractivity contribution in [1.29, 1.82) is 0 Å². The van der Waals surface area contributed by atoms with E-state index in [1.165, 1.54) is 36.7 Å². The number of fused-ring (bicyclic) bond motifs is 4. The molecule has 2 aromatic heterocycles. The fourth-order valence-corrected chi connectivity index (χ4v) is 6.67. The summed E-state index contributed by atoms with van der Waals surface area (Å²) in [6.07, 6.45) is 0. The maximum atomic E-state index is 5.08. The molecule has 8 aromatic rings. The van der Waals surface area contributed by atoms with Gasteiger partial charge in [0.2, 0.25) is 0 Å². The molecule has 0 aliphatic rings. The highest BCUT2D eigenvalue weighted by Gasteiger charge is 2.16. The summed E-state index contributed by atoms with van der Waals surface area (Å²) >= 11 is 1.79. The van der Waals surface area contributed by atoms with E-state index in [9.17, 15) is 0 Å². The van der Waals surface area contributed by atoms with Crippen molar-refractivity contribution >= 4 is 42.3 Å². The summed E-state index contributed by atoms with van der Waals surface area (Å²) in [7, 11) is 0. The van der Waals surface area contributed by atoms with Crippen LogP contribution in [0.2, 0.25) is 0 Å². The Kier molecular flexibility index (Phi) is 5.64. The van der Waals surface area contributed by atoms with Gasteiger partial charge in [-0.15, -0.1) is 11.3 Å². The largest absolute Gasteiger partial charge is 0.208 e. The molecule has 0 radical (unpaired) electrons. The molecule has 2 heterocycles. The second-order valence-corrected chi connectivity index (χ2v) is 11.1. The highest BCUT2D eigenvalue weighted by Crippen LogP contribution is 2.39. The van der Waals surface area contributed by atoms with Gasteiger partial charge >= 0.3 is 0 Å². The van der Waals surface area contributed by atoms with E-state index in [1.807, 2.05) is 24.3 Å². The monoisotopic (exact) mass is 541 g/mol. The third-order valence-electron chi connectivity index (χ3n) is 7.52. The third kappa shape index (κ3) is 4.26. The Labute approximate surface area is 241 Å². The topological polar surface area (TPSA) is 38.7 Å². The average Bonchev–Trinajstić information content (AvgIpc) is 3.44. The zero-order chi connectivity index (χ0) is 27.2. The van der Waals surface area contributed by atoms with E-state index in [0.29, 0.717) is 17.5 Å². The predicted molar refractivity (Wildman–Crippen MR) is 172 cm³/mol. The van der Waals surface area contributed by atoms with Crippen LogP contribution in [-0.2, 0) is 0 Å². The summed E-state index contributed by atoms with van der Waals surface area (Å²) in [5.41, 5.74) is 5.38. The molecule has 6 aromatic carbocycles. The van der Waals surface area contributed by atoms with Crippen molar-refractivity contribution in [2.24, 2.45) is 0 Å². The Hall–Kier alpha value is -5.19. The van der Waals surface area contributed by atoms with Crippen LogP contribution < -0.4 is 0 Å². The second-order valence-electron chi connectivity index (χ2n) is 10.1. The van der Waals surface area contributed by atoms with E-state index >= 15 is 0 Å². The van der Waals surface area contributed by atoms with Crippen molar-refractivity contribution in [1.82, 2.24) is 15.0 Å². The lowest BCUT2D eigenvalue weighted by atomic mass is 10.00. The SMILES string of the molecule is c1ccc(-c2ccc3cc(-c4nc(-c5ccccc5)nc(-c5cccc6c5sc5ccccc56)n4)ccc3c2)cc1. The number of rotatable bonds is 4. The minimum atomic E-state index is 0.668. The number of thiophene rings is 1. The normalized spacial score (nSPS) is 11.4. The molecule has 0 spiro atoms. The smallest absolute Gasteiger partial charge is 0.165 e. The molecule has 0 fully saturated rings. The van der Waals surface area contributed by atoms with Gasteiger partial charge in [0.05, 0.1) is 0 Å². The summed E-state index contributed by atoms with van der Waals surface area (Å²) in [5.74, 6) is 2.02. The maximum absolute atomic E-state index is 5.08. The van der Waals surface area contributed by atoms with E-state index in [1.54, 1.807) is 11.3 Å². The van der Waals surface area contributed by atoms with Crippen molar-refractivity contribution in [3.05, 3.63) is 140 Å². The zero-order valence-corrected chi connectivity index (χ0v) is 22.8. The second kappa shape index (κ2) is 9.77. The fraction of sp³-hybridized carbons (Fsp3) is 0. The fourth-order valence-electron chi connectivity index (χ4n) is 5.46. The van der Waals surface area contributed by atoms with Crippen LogP contribution in [0.1, 0.15) is 0 Å². The molecule has 0 N–H and O–H groups in total.